The highest BCUT2D eigenvalue weighted by Crippen LogP contribution is 2.26. The molecule has 0 unspecified atom stereocenters. The second-order valence-corrected chi connectivity index (χ2v) is 7.98. The maximum absolute atomic E-state index is 12.6. The smallest absolute Gasteiger partial charge is 0.324 e. The lowest BCUT2D eigenvalue weighted by Crippen LogP contribution is -2.47. The van der Waals surface area contributed by atoms with Gasteiger partial charge in [-0.25, -0.2) is 0 Å². The summed E-state index contributed by atoms with van der Waals surface area (Å²) in [6.07, 6.45) is 3.69. The van der Waals surface area contributed by atoms with Crippen LogP contribution in [0.15, 0.2) is 28.8 Å². The molecule has 0 spiro atoms. The minimum absolute atomic E-state index is 0.0647. The monoisotopic (exact) mass is 399 g/mol. The number of methoxy groups -OCH3 is 1. The van der Waals surface area contributed by atoms with E-state index >= 15 is 0 Å². The molecule has 2 aliphatic rings. The molecule has 1 N–H and O–H groups in total. The summed E-state index contributed by atoms with van der Waals surface area (Å²) in [5.41, 5.74) is 0.883. The van der Waals surface area contributed by atoms with Crippen molar-refractivity contribution >= 4 is 11.9 Å². The van der Waals surface area contributed by atoms with Gasteiger partial charge < -0.3 is 24.4 Å². The third kappa shape index (κ3) is 4.70. The van der Waals surface area contributed by atoms with Gasteiger partial charge in [0.1, 0.15) is 5.75 Å². The third-order valence-corrected chi connectivity index (χ3v) is 5.96. The van der Waals surface area contributed by atoms with Crippen molar-refractivity contribution in [1.82, 2.24) is 20.4 Å². The molecule has 0 saturated carbocycles. The van der Waals surface area contributed by atoms with Gasteiger partial charge in [0.05, 0.1) is 7.11 Å². The number of hydrogen-bond donors (Lipinski definition) is 1. The number of aromatic nitrogens is 2. The fourth-order valence-electron chi connectivity index (χ4n) is 4.01. The van der Waals surface area contributed by atoms with Crippen LogP contribution in [0.1, 0.15) is 25.7 Å². The highest BCUT2D eigenvalue weighted by Gasteiger charge is 2.29. The highest BCUT2D eigenvalue weighted by atomic mass is 16.5. The van der Waals surface area contributed by atoms with E-state index in [2.05, 4.69) is 32.3 Å². The Hall–Kier alpha value is -2.61. The molecule has 2 aromatic rings. The molecule has 0 aliphatic carbocycles. The minimum Gasteiger partial charge on any atom is -0.497 e. The van der Waals surface area contributed by atoms with Crippen LogP contribution in [0.2, 0.25) is 0 Å². The van der Waals surface area contributed by atoms with E-state index < -0.39 is 0 Å². The first-order valence-corrected chi connectivity index (χ1v) is 10.3. The fraction of sp³-hybridized carbons (Fsp3) is 0.571. The Kier molecular flexibility index (Phi) is 5.99. The lowest BCUT2D eigenvalue weighted by Gasteiger charge is -2.33. The summed E-state index contributed by atoms with van der Waals surface area (Å²) in [6.45, 7) is 3.60. The number of benzene rings is 1. The number of rotatable bonds is 5. The van der Waals surface area contributed by atoms with E-state index in [1.54, 1.807) is 7.11 Å². The molecule has 0 radical (unpaired) electrons. The van der Waals surface area contributed by atoms with Crippen molar-refractivity contribution in [3.05, 3.63) is 24.3 Å². The second-order valence-electron chi connectivity index (χ2n) is 7.98. The molecular weight excluding hydrogens is 370 g/mol. The molecule has 156 valence electrons. The lowest BCUT2D eigenvalue weighted by atomic mass is 9.95. The van der Waals surface area contributed by atoms with Crippen molar-refractivity contribution < 1.29 is 14.1 Å². The molecule has 2 fully saturated rings. The van der Waals surface area contributed by atoms with Crippen LogP contribution in [0.5, 0.6) is 5.75 Å². The maximum Gasteiger partial charge on any atom is 0.324 e. The fourth-order valence-corrected chi connectivity index (χ4v) is 4.01. The standard InChI is InChI=1S/C21H29N5O3/c1-25-11-9-17(10-12-25)22-20(27)16-7-13-26(14-8-16)21-23-19(24-29-21)15-3-5-18(28-2)6-4-15/h3-6,16-17H,7-14H2,1-2H3,(H,22,27). The maximum atomic E-state index is 12.6. The van der Waals surface area contributed by atoms with Gasteiger partial charge >= 0.3 is 6.01 Å². The molecule has 1 aromatic heterocycles. The predicted molar refractivity (Wildman–Crippen MR) is 110 cm³/mol. The Bertz CT molecular complexity index is 806. The zero-order valence-corrected chi connectivity index (χ0v) is 17.1. The summed E-state index contributed by atoms with van der Waals surface area (Å²) in [4.78, 5) is 21.5. The first-order chi connectivity index (χ1) is 14.1. The molecule has 4 rings (SSSR count). The molecule has 29 heavy (non-hydrogen) atoms. The average molecular weight is 399 g/mol. The van der Waals surface area contributed by atoms with Crippen LogP contribution in [0, 0.1) is 5.92 Å². The molecule has 8 nitrogen and oxygen atoms in total. The Morgan fingerprint density at radius 3 is 2.45 bits per heavy atom. The quantitative estimate of drug-likeness (QED) is 0.825. The van der Waals surface area contributed by atoms with E-state index in [9.17, 15) is 4.79 Å². The highest BCUT2D eigenvalue weighted by molar-refractivity contribution is 5.79. The number of likely N-dealkylation sites (tertiary alicyclic amines) is 1. The summed E-state index contributed by atoms with van der Waals surface area (Å²) < 4.78 is 10.7. The van der Waals surface area contributed by atoms with Gasteiger partial charge in [-0.05, 0) is 70.1 Å². The van der Waals surface area contributed by atoms with Crippen LogP contribution < -0.4 is 15.0 Å². The number of nitrogens with zero attached hydrogens (tertiary/aromatic N) is 4. The largest absolute Gasteiger partial charge is 0.497 e. The number of piperidine rings is 2. The summed E-state index contributed by atoms with van der Waals surface area (Å²) >= 11 is 0. The topological polar surface area (TPSA) is 83.7 Å². The van der Waals surface area contributed by atoms with Crippen LogP contribution in [-0.4, -0.2) is 67.3 Å². The summed E-state index contributed by atoms with van der Waals surface area (Å²) in [7, 11) is 3.77. The van der Waals surface area contributed by atoms with E-state index in [0.717, 1.165) is 63.2 Å². The van der Waals surface area contributed by atoms with Gasteiger partial charge in [-0.1, -0.05) is 5.16 Å². The molecule has 1 amide bonds. The van der Waals surface area contributed by atoms with Gasteiger partial charge in [-0.3, -0.25) is 4.79 Å². The Labute approximate surface area is 171 Å². The van der Waals surface area contributed by atoms with Gasteiger partial charge in [-0.2, -0.15) is 4.98 Å². The molecule has 8 heteroatoms. The third-order valence-electron chi connectivity index (χ3n) is 5.96. The van der Waals surface area contributed by atoms with Crippen LogP contribution in [0.4, 0.5) is 6.01 Å². The Morgan fingerprint density at radius 2 is 1.79 bits per heavy atom. The average Bonchev–Trinajstić information content (AvgIpc) is 3.26. The van der Waals surface area contributed by atoms with Gasteiger partial charge in [0, 0.05) is 30.6 Å². The van der Waals surface area contributed by atoms with E-state index in [1.165, 1.54) is 0 Å². The number of amides is 1. The van der Waals surface area contributed by atoms with Crippen LogP contribution >= 0.6 is 0 Å². The van der Waals surface area contributed by atoms with Crippen LogP contribution in [-0.2, 0) is 4.79 Å². The van der Waals surface area contributed by atoms with Crippen molar-refractivity contribution in [1.29, 1.82) is 0 Å². The first kappa shape index (κ1) is 19.7. The first-order valence-electron chi connectivity index (χ1n) is 10.3. The van der Waals surface area contributed by atoms with Crippen molar-refractivity contribution in [2.75, 3.05) is 45.2 Å². The predicted octanol–water partition coefficient (Wildman–Crippen LogP) is 2.17. The molecule has 2 saturated heterocycles. The number of ether oxygens (including phenoxy) is 1. The van der Waals surface area contributed by atoms with Crippen molar-refractivity contribution in [3.8, 4) is 17.1 Å². The molecular formula is C21H29N5O3. The Morgan fingerprint density at radius 1 is 1.10 bits per heavy atom. The van der Waals surface area contributed by atoms with Gasteiger partial charge in [0.25, 0.3) is 0 Å². The van der Waals surface area contributed by atoms with Crippen molar-refractivity contribution in [2.45, 2.75) is 31.7 Å². The zero-order valence-electron chi connectivity index (χ0n) is 17.1. The van der Waals surface area contributed by atoms with Crippen LogP contribution in [0.25, 0.3) is 11.4 Å². The minimum atomic E-state index is 0.0647. The van der Waals surface area contributed by atoms with Crippen molar-refractivity contribution in [2.24, 2.45) is 5.92 Å². The number of carbonyl (C=O) groups excluding carboxylic acids is 1. The van der Waals surface area contributed by atoms with E-state index in [-0.39, 0.29) is 11.8 Å². The van der Waals surface area contributed by atoms with E-state index in [0.29, 0.717) is 17.9 Å². The van der Waals surface area contributed by atoms with Gasteiger partial charge in [0.2, 0.25) is 11.7 Å². The molecule has 0 bridgehead atoms. The SMILES string of the molecule is COc1ccc(-c2noc(N3CCC(C(=O)NC4CCN(C)CC4)CC3)n2)cc1. The summed E-state index contributed by atoms with van der Waals surface area (Å²) in [5.74, 6) is 1.61. The van der Waals surface area contributed by atoms with Crippen LogP contribution in [0.3, 0.4) is 0 Å². The number of carbonyl (C=O) groups is 1. The van der Waals surface area contributed by atoms with Crippen molar-refractivity contribution in [3.63, 3.8) is 0 Å². The lowest BCUT2D eigenvalue weighted by molar-refractivity contribution is -0.126. The Balaban J connectivity index is 1.29. The number of nitrogens with one attached hydrogen (secondary N) is 1. The number of hydrogen-bond acceptors (Lipinski definition) is 7. The summed E-state index contributed by atoms with van der Waals surface area (Å²) in [6, 6.07) is 8.41. The molecule has 3 heterocycles. The molecule has 2 aliphatic heterocycles. The van der Waals surface area contributed by atoms with Gasteiger partial charge in [0.15, 0.2) is 0 Å². The molecule has 1 aromatic carbocycles. The van der Waals surface area contributed by atoms with E-state index in [4.69, 9.17) is 9.26 Å². The van der Waals surface area contributed by atoms with Gasteiger partial charge in [-0.15, -0.1) is 0 Å². The summed E-state index contributed by atoms with van der Waals surface area (Å²) in [5, 5.41) is 7.36. The zero-order chi connectivity index (χ0) is 20.2. The normalized spacial score (nSPS) is 19.3. The van der Waals surface area contributed by atoms with E-state index in [1.807, 2.05) is 24.3 Å². The second kappa shape index (κ2) is 8.82. The number of anilines is 1. The molecule has 0 atom stereocenters.